The Morgan fingerprint density at radius 2 is 1.62 bits per heavy atom. The number of hydrogen-bond acceptors (Lipinski definition) is 6. The van der Waals surface area contributed by atoms with Crippen LogP contribution in [0.15, 0.2) is 42.6 Å². The van der Waals surface area contributed by atoms with E-state index in [1.54, 1.807) is 17.0 Å². The fourth-order valence-corrected chi connectivity index (χ4v) is 3.48. The first kappa shape index (κ1) is 19.4. The molecule has 0 radical (unpaired) electrons. The van der Waals surface area contributed by atoms with Crippen LogP contribution < -0.4 is 10.2 Å². The molecule has 2 aliphatic rings. The number of aromatic nitrogens is 1. The number of morpholine rings is 2. The molecule has 2 amide bonds. The number of benzene rings is 1. The van der Waals surface area contributed by atoms with Crippen molar-refractivity contribution in [1.29, 1.82) is 0 Å². The highest BCUT2D eigenvalue weighted by atomic mass is 16.5. The van der Waals surface area contributed by atoms with Crippen molar-refractivity contribution in [3.05, 3.63) is 53.9 Å². The minimum Gasteiger partial charge on any atom is -0.378 e. The Hall–Kier alpha value is -2.97. The van der Waals surface area contributed by atoms with Crippen LogP contribution in [0, 0.1) is 0 Å². The largest absolute Gasteiger partial charge is 0.378 e. The lowest BCUT2D eigenvalue weighted by Crippen LogP contribution is -2.40. The molecule has 0 saturated carbocycles. The van der Waals surface area contributed by atoms with Gasteiger partial charge < -0.3 is 24.6 Å². The topological polar surface area (TPSA) is 84.0 Å². The molecule has 2 aliphatic heterocycles. The van der Waals surface area contributed by atoms with Gasteiger partial charge in [-0.15, -0.1) is 0 Å². The molecule has 29 heavy (non-hydrogen) atoms. The van der Waals surface area contributed by atoms with Gasteiger partial charge in [0.15, 0.2) is 0 Å². The highest BCUT2D eigenvalue weighted by Crippen LogP contribution is 2.26. The van der Waals surface area contributed by atoms with E-state index in [1.807, 2.05) is 24.3 Å². The summed E-state index contributed by atoms with van der Waals surface area (Å²) in [4.78, 5) is 33.6. The summed E-state index contributed by atoms with van der Waals surface area (Å²) >= 11 is 0. The molecule has 1 N–H and O–H groups in total. The van der Waals surface area contributed by atoms with Gasteiger partial charge >= 0.3 is 0 Å². The number of amides is 2. The standard InChI is InChI=1S/C21H24N4O4/c26-20(23-17-3-1-2-4-19(17)24-7-11-28-12-8-24)18-15-16(5-6-22-18)21(27)25-9-13-29-14-10-25/h1-6,15H,7-14H2,(H,23,26). The van der Waals surface area contributed by atoms with Crippen LogP contribution in [0.3, 0.4) is 0 Å². The maximum atomic E-state index is 12.8. The minimum atomic E-state index is -0.345. The van der Waals surface area contributed by atoms with Crippen molar-refractivity contribution in [1.82, 2.24) is 9.88 Å². The van der Waals surface area contributed by atoms with E-state index in [2.05, 4.69) is 15.2 Å². The van der Waals surface area contributed by atoms with E-state index >= 15 is 0 Å². The second-order valence-corrected chi connectivity index (χ2v) is 6.91. The van der Waals surface area contributed by atoms with Gasteiger partial charge in [0.25, 0.3) is 11.8 Å². The van der Waals surface area contributed by atoms with Crippen molar-refractivity contribution in [2.24, 2.45) is 0 Å². The molecule has 0 atom stereocenters. The van der Waals surface area contributed by atoms with Crippen molar-refractivity contribution in [2.45, 2.75) is 0 Å². The number of nitrogens with one attached hydrogen (secondary N) is 1. The molecule has 2 saturated heterocycles. The van der Waals surface area contributed by atoms with Crippen molar-refractivity contribution in [3.8, 4) is 0 Å². The molecule has 3 heterocycles. The van der Waals surface area contributed by atoms with Gasteiger partial charge in [0.1, 0.15) is 5.69 Å². The fraction of sp³-hybridized carbons (Fsp3) is 0.381. The Morgan fingerprint density at radius 1 is 0.931 bits per heavy atom. The molecule has 2 fully saturated rings. The third-order valence-corrected chi connectivity index (χ3v) is 5.04. The Kier molecular flexibility index (Phi) is 6.02. The van der Waals surface area contributed by atoms with Gasteiger partial charge in [-0.05, 0) is 24.3 Å². The zero-order valence-corrected chi connectivity index (χ0v) is 16.2. The van der Waals surface area contributed by atoms with Crippen LogP contribution in [-0.4, -0.2) is 74.3 Å². The highest BCUT2D eigenvalue weighted by Gasteiger charge is 2.21. The van der Waals surface area contributed by atoms with E-state index < -0.39 is 0 Å². The van der Waals surface area contributed by atoms with Crippen molar-refractivity contribution in [2.75, 3.05) is 62.8 Å². The van der Waals surface area contributed by atoms with Gasteiger partial charge in [-0.2, -0.15) is 0 Å². The lowest BCUT2D eigenvalue weighted by molar-refractivity contribution is 0.0303. The maximum Gasteiger partial charge on any atom is 0.274 e. The third kappa shape index (κ3) is 4.55. The fourth-order valence-electron chi connectivity index (χ4n) is 3.48. The summed E-state index contributed by atoms with van der Waals surface area (Å²) in [5.41, 5.74) is 2.32. The smallest absolute Gasteiger partial charge is 0.274 e. The van der Waals surface area contributed by atoms with Gasteiger partial charge in [0.2, 0.25) is 0 Å². The monoisotopic (exact) mass is 396 g/mol. The molecule has 1 aromatic carbocycles. The molecule has 8 heteroatoms. The van der Waals surface area contributed by atoms with Gasteiger partial charge in [0.05, 0.1) is 37.8 Å². The van der Waals surface area contributed by atoms with E-state index in [9.17, 15) is 9.59 Å². The van der Waals surface area contributed by atoms with Crippen LogP contribution in [0.2, 0.25) is 0 Å². The molecule has 152 valence electrons. The molecule has 0 unspecified atom stereocenters. The number of rotatable bonds is 4. The van der Waals surface area contributed by atoms with E-state index in [0.717, 1.165) is 18.8 Å². The first-order chi connectivity index (χ1) is 14.2. The van der Waals surface area contributed by atoms with Crippen molar-refractivity contribution in [3.63, 3.8) is 0 Å². The quantitative estimate of drug-likeness (QED) is 0.846. The van der Waals surface area contributed by atoms with Crippen molar-refractivity contribution < 1.29 is 19.1 Å². The summed E-state index contributed by atoms with van der Waals surface area (Å²) in [7, 11) is 0. The summed E-state index contributed by atoms with van der Waals surface area (Å²) in [5.74, 6) is -0.458. The van der Waals surface area contributed by atoms with E-state index in [4.69, 9.17) is 9.47 Å². The number of carbonyl (C=O) groups is 2. The van der Waals surface area contributed by atoms with Crippen LogP contribution in [0.1, 0.15) is 20.8 Å². The zero-order chi connectivity index (χ0) is 20.1. The van der Waals surface area contributed by atoms with Crippen LogP contribution in [0.5, 0.6) is 0 Å². The van der Waals surface area contributed by atoms with E-state index in [-0.39, 0.29) is 17.5 Å². The lowest BCUT2D eigenvalue weighted by atomic mass is 10.1. The average Bonchev–Trinajstić information content (AvgIpc) is 2.80. The first-order valence-corrected chi connectivity index (χ1v) is 9.78. The molecule has 0 aliphatic carbocycles. The summed E-state index contributed by atoms with van der Waals surface area (Å²) in [6.45, 7) is 5.03. The SMILES string of the molecule is O=C(Nc1ccccc1N1CCOCC1)c1cc(C(=O)N2CCOCC2)ccn1. The van der Waals surface area contributed by atoms with Gasteiger partial charge in [0, 0.05) is 37.9 Å². The Labute approximate surface area is 169 Å². The lowest BCUT2D eigenvalue weighted by Gasteiger charge is -2.30. The Morgan fingerprint density at radius 3 is 2.38 bits per heavy atom. The molecule has 8 nitrogen and oxygen atoms in total. The minimum absolute atomic E-state index is 0.113. The van der Waals surface area contributed by atoms with Gasteiger partial charge in [-0.3, -0.25) is 14.6 Å². The summed E-state index contributed by atoms with van der Waals surface area (Å²) in [5, 5.41) is 2.94. The highest BCUT2D eigenvalue weighted by molar-refractivity contribution is 6.06. The number of carbonyl (C=O) groups excluding carboxylic acids is 2. The maximum absolute atomic E-state index is 12.8. The first-order valence-electron chi connectivity index (χ1n) is 9.78. The van der Waals surface area contributed by atoms with Crippen LogP contribution >= 0.6 is 0 Å². The molecule has 0 bridgehead atoms. The molecule has 0 spiro atoms. The van der Waals surface area contributed by atoms with E-state index in [0.29, 0.717) is 50.8 Å². The molecular formula is C21H24N4O4. The van der Waals surface area contributed by atoms with Crippen LogP contribution in [-0.2, 0) is 9.47 Å². The van der Waals surface area contributed by atoms with Gasteiger partial charge in [-0.25, -0.2) is 0 Å². The van der Waals surface area contributed by atoms with Crippen LogP contribution in [0.25, 0.3) is 0 Å². The zero-order valence-electron chi connectivity index (χ0n) is 16.2. The third-order valence-electron chi connectivity index (χ3n) is 5.04. The molecule has 2 aromatic rings. The Balaban J connectivity index is 1.50. The Bertz CT molecular complexity index is 876. The number of ether oxygens (including phenoxy) is 2. The predicted molar refractivity (Wildman–Crippen MR) is 108 cm³/mol. The van der Waals surface area contributed by atoms with Gasteiger partial charge in [-0.1, -0.05) is 12.1 Å². The summed E-state index contributed by atoms with van der Waals surface area (Å²) < 4.78 is 10.7. The molecule has 1 aromatic heterocycles. The van der Waals surface area contributed by atoms with E-state index in [1.165, 1.54) is 6.20 Å². The number of hydrogen-bond donors (Lipinski definition) is 1. The second-order valence-electron chi connectivity index (χ2n) is 6.91. The predicted octanol–water partition coefficient (Wildman–Crippen LogP) is 1.64. The second kappa shape index (κ2) is 9.02. The summed E-state index contributed by atoms with van der Waals surface area (Å²) in [6.07, 6.45) is 1.50. The van der Waals surface area contributed by atoms with Crippen LogP contribution in [0.4, 0.5) is 11.4 Å². The number of para-hydroxylation sites is 2. The molecule has 4 rings (SSSR count). The number of anilines is 2. The summed E-state index contributed by atoms with van der Waals surface area (Å²) in [6, 6.07) is 10.9. The van der Waals surface area contributed by atoms with Crippen molar-refractivity contribution >= 4 is 23.2 Å². The average molecular weight is 396 g/mol. The normalized spacial score (nSPS) is 17.1. The number of nitrogens with zero attached hydrogens (tertiary/aromatic N) is 3. The number of pyridine rings is 1. The molecular weight excluding hydrogens is 372 g/mol.